The van der Waals surface area contributed by atoms with Crippen LogP contribution in [0.25, 0.3) is 10.8 Å². The second kappa shape index (κ2) is 10.8. The first-order valence-corrected chi connectivity index (χ1v) is 11.4. The van der Waals surface area contributed by atoms with Gasteiger partial charge in [-0.25, -0.2) is 5.43 Å². The summed E-state index contributed by atoms with van der Waals surface area (Å²) in [5, 5.41) is 8.86. The number of hydrazone groups is 1. The third-order valence-electron chi connectivity index (χ3n) is 5.07. The van der Waals surface area contributed by atoms with E-state index in [1.807, 2.05) is 60.7 Å². The number of nitrogens with zero attached hydrogens (tertiary/aromatic N) is 1. The molecule has 0 radical (unpaired) electrons. The van der Waals surface area contributed by atoms with Gasteiger partial charge in [0.1, 0.15) is 12.4 Å². The molecule has 0 fully saturated rings. The average molecular weight is 516 g/mol. The number of benzene rings is 4. The van der Waals surface area contributed by atoms with Crippen LogP contribution in [0, 0.1) is 0 Å². The standard InChI is InChI=1S/C27H22BrN3O3/c1-18(32)30-23-13-8-21(9-14-23)27(33)31-29-16-25-24-5-3-2-4-20(24)10-15-26(25)34-17-19-6-11-22(28)12-7-19/h2-16H,17H2,1H3,(H,30,32)(H,31,33)/b29-16-. The molecule has 6 nitrogen and oxygen atoms in total. The fourth-order valence-electron chi connectivity index (χ4n) is 3.40. The highest BCUT2D eigenvalue weighted by molar-refractivity contribution is 9.10. The monoisotopic (exact) mass is 515 g/mol. The van der Waals surface area contributed by atoms with Gasteiger partial charge in [-0.2, -0.15) is 5.10 Å². The molecular formula is C27H22BrN3O3. The van der Waals surface area contributed by atoms with Gasteiger partial charge in [-0.1, -0.05) is 58.4 Å². The van der Waals surface area contributed by atoms with Gasteiger partial charge in [-0.3, -0.25) is 9.59 Å². The lowest BCUT2D eigenvalue weighted by Gasteiger charge is -2.12. The minimum atomic E-state index is -0.358. The Morgan fingerprint density at radius 3 is 2.41 bits per heavy atom. The van der Waals surface area contributed by atoms with Gasteiger partial charge >= 0.3 is 0 Å². The molecule has 34 heavy (non-hydrogen) atoms. The van der Waals surface area contributed by atoms with Crippen molar-refractivity contribution in [3.63, 3.8) is 0 Å². The molecule has 0 atom stereocenters. The number of amides is 2. The summed E-state index contributed by atoms with van der Waals surface area (Å²) >= 11 is 3.44. The molecular weight excluding hydrogens is 494 g/mol. The van der Waals surface area contributed by atoms with Crippen LogP contribution in [-0.4, -0.2) is 18.0 Å². The smallest absolute Gasteiger partial charge is 0.271 e. The van der Waals surface area contributed by atoms with Crippen LogP contribution in [0.3, 0.4) is 0 Å². The molecule has 2 amide bonds. The molecule has 2 N–H and O–H groups in total. The van der Waals surface area contributed by atoms with E-state index in [-0.39, 0.29) is 11.8 Å². The normalized spacial score (nSPS) is 10.9. The highest BCUT2D eigenvalue weighted by atomic mass is 79.9. The summed E-state index contributed by atoms with van der Waals surface area (Å²) in [7, 11) is 0. The number of ether oxygens (including phenoxy) is 1. The maximum absolute atomic E-state index is 12.5. The lowest BCUT2D eigenvalue weighted by Crippen LogP contribution is -2.17. The Morgan fingerprint density at radius 1 is 0.941 bits per heavy atom. The Bertz CT molecular complexity index is 1350. The zero-order valence-corrected chi connectivity index (χ0v) is 20.0. The van der Waals surface area contributed by atoms with E-state index in [4.69, 9.17) is 4.74 Å². The van der Waals surface area contributed by atoms with Gasteiger partial charge in [-0.15, -0.1) is 0 Å². The van der Waals surface area contributed by atoms with Crippen LogP contribution in [0.2, 0.25) is 0 Å². The Hall–Kier alpha value is -3.97. The minimum Gasteiger partial charge on any atom is -0.488 e. The van der Waals surface area contributed by atoms with Gasteiger partial charge in [0.05, 0.1) is 6.21 Å². The summed E-state index contributed by atoms with van der Waals surface area (Å²) in [5.41, 5.74) is 5.42. The highest BCUT2D eigenvalue weighted by Crippen LogP contribution is 2.27. The van der Waals surface area contributed by atoms with Gasteiger partial charge < -0.3 is 10.1 Å². The van der Waals surface area contributed by atoms with Crippen molar-refractivity contribution in [2.24, 2.45) is 5.10 Å². The van der Waals surface area contributed by atoms with E-state index >= 15 is 0 Å². The van der Waals surface area contributed by atoms with Gasteiger partial charge in [0, 0.05) is 28.2 Å². The van der Waals surface area contributed by atoms with Crippen LogP contribution < -0.4 is 15.5 Å². The maximum Gasteiger partial charge on any atom is 0.271 e. The molecule has 0 saturated carbocycles. The number of carbonyl (C=O) groups is 2. The molecule has 0 bridgehead atoms. The van der Waals surface area contributed by atoms with Crippen molar-refractivity contribution in [3.8, 4) is 5.75 Å². The molecule has 0 unspecified atom stereocenters. The Balaban J connectivity index is 1.52. The zero-order chi connectivity index (χ0) is 23.9. The molecule has 0 aromatic heterocycles. The molecule has 0 spiro atoms. The number of hydrogen-bond donors (Lipinski definition) is 2. The number of nitrogens with one attached hydrogen (secondary N) is 2. The first kappa shape index (κ1) is 23.2. The lowest BCUT2D eigenvalue weighted by atomic mass is 10.0. The van der Waals surface area contributed by atoms with Crippen LogP contribution in [0.1, 0.15) is 28.4 Å². The highest BCUT2D eigenvalue weighted by Gasteiger charge is 2.09. The van der Waals surface area contributed by atoms with E-state index in [9.17, 15) is 9.59 Å². The van der Waals surface area contributed by atoms with Crippen molar-refractivity contribution < 1.29 is 14.3 Å². The maximum atomic E-state index is 12.5. The van der Waals surface area contributed by atoms with Crippen LogP contribution >= 0.6 is 15.9 Å². The molecule has 4 aromatic rings. The van der Waals surface area contributed by atoms with Crippen molar-refractivity contribution in [3.05, 3.63) is 106 Å². The largest absolute Gasteiger partial charge is 0.488 e. The van der Waals surface area contributed by atoms with Crippen LogP contribution in [0.15, 0.2) is 94.5 Å². The van der Waals surface area contributed by atoms with Gasteiger partial charge in [0.2, 0.25) is 5.91 Å². The molecule has 0 aliphatic heterocycles. The fraction of sp³-hybridized carbons (Fsp3) is 0.0741. The number of hydrogen-bond acceptors (Lipinski definition) is 4. The second-order valence-electron chi connectivity index (χ2n) is 7.57. The first-order valence-electron chi connectivity index (χ1n) is 10.6. The van der Waals surface area contributed by atoms with Gasteiger partial charge in [0.15, 0.2) is 0 Å². The molecule has 0 aliphatic carbocycles. The predicted molar refractivity (Wildman–Crippen MR) is 138 cm³/mol. The van der Waals surface area contributed by atoms with Crippen molar-refractivity contribution >= 4 is 50.4 Å². The summed E-state index contributed by atoms with van der Waals surface area (Å²) in [6, 6.07) is 26.4. The fourth-order valence-corrected chi connectivity index (χ4v) is 3.67. The number of halogens is 1. The third-order valence-corrected chi connectivity index (χ3v) is 5.59. The molecule has 0 saturated heterocycles. The number of fused-ring (bicyclic) bond motifs is 1. The molecule has 170 valence electrons. The first-order chi connectivity index (χ1) is 16.5. The number of carbonyl (C=O) groups excluding carboxylic acids is 2. The SMILES string of the molecule is CC(=O)Nc1ccc(C(=O)N/N=C\c2c(OCc3ccc(Br)cc3)ccc3ccccc23)cc1. The summed E-state index contributed by atoms with van der Waals surface area (Å²) in [6.45, 7) is 1.83. The third kappa shape index (κ3) is 5.88. The summed E-state index contributed by atoms with van der Waals surface area (Å²) in [5.74, 6) is 0.137. The average Bonchev–Trinajstić information content (AvgIpc) is 2.84. The van der Waals surface area contributed by atoms with E-state index in [2.05, 4.69) is 31.8 Å². The van der Waals surface area contributed by atoms with E-state index in [1.165, 1.54) is 6.92 Å². The number of anilines is 1. The summed E-state index contributed by atoms with van der Waals surface area (Å²) < 4.78 is 7.11. The predicted octanol–water partition coefficient (Wildman–Crippen LogP) is 5.90. The number of rotatable bonds is 7. The van der Waals surface area contributed by atoms with Crippen molar-refractivity contribution in [1.29, 1.82) is 0 Å². The Morgan fingerprint density at radius 2 is 1.68 bits per heavy atom. The van der Waals surface area contributed by atoms with Gasteiger partial charge in [0.25, 0.3) is 5.91 Å². The molecule has 0 heterocycles. The van der Waals surface area contributed by atoms with Crippen molar-refractivity contribution in [2.75, 3.05) is 5.32 Å². The van der Waals surface area contributed by atoms with E-state index in [0.29, 0.717) is 23.6 Å². The van der Waals surface area contributed by atoms with E-state index < -0.39 is 0 Å². The van der Waals surface area contributed by atoms with Crippen LogP contribution in [0.5, 0.6) is 5.75 Å². The second-order valence-corrected chi connectivity index (χ2v) is 8.49. The van der Waals surface area contributed by atoms with Crippen LogP contribution in [-0.2, 0) is 11.4 Å². The molecule has 7 heteroatoms. The Kier molecular flexibility index (Phi) is 7.34. The lowest BCUT2D eigenvalue weighted by molar-refractivity contribution is -0.114. The summed E-state index contributed by atoms with van der Waals surface area (Å²) in [6.07, 6.45) is 1.60. The molecule has 4 rings (SSSR count). The van der Waals surface area contributed by atoms with Crippen molar-refractivity contribution in [2.45, 2.75) is 13.5 Å². The molecule has 0 aliphatic rings. The summed E-state index contributed by atoms with van der Waals surface area (Å²) in [4.78, 5) is 23.7. The zero-order valence-electron chi connectivity index (χ0n) is 18.4. The Labute approximate surface area is 205 Å². The molecule has 4 aromatic carbocycles. The topological polar surface area (TPSA) is 79.8 Å². The quantitative estimate of drug-likeness (QED) is 0.237. The van der Waals surface area contributed by atoms with Crippen molar-refractivity contribution in [1.82, 2.24) is 5.43 Å². The van der Waals surface area contributed by atoms with Crippen LogP contribution in [0.4, 0.5) is 5.69 Å². The van der Waals surface area contributed by atoms with E-state index in [0.717, 1.165) is 26.4 Å². The van der Waals surface area contributed by atoms with E-state index in [1.54, 1.807) is 30.5 Å². The minimum absolute atomic E-state index is 0.171. The van der Waals surface area contributed by atoms with Gasteiger partial charge in [-0.05, 0) is 58.8 Å².